The topological polar surface area (TPSA) is 70.7 Å². The molecule has 0 spiro atoms. The van der Waals surface area contributed by atoms with Gasteiger partial charge in [-0.05, 0) is 30.9 Å². The highest BCUT2D eigenvalue weighted by Crippen LogP contribution is 2.20. The van der Waals surface area contributed by atoms with Gasteiger partial charge >= 0.3 is 5.82 Å². The van der Waals surface area contributed by atoms with Gasteiger partial charge in [0, 0.05) is 28.4 Å². The van der Waals surface area contributed by atoms with Crippen LogP contribution >= 0.6 is 0 Å². The largest absolute Gasteiger partial charge is 1.00 e. The summed E-state index contributed by atoms with van der Waals surface area (Å²) < 4.78 is 26.2. The second kappa shape index (κ2) is 13.0. The third kappa shape index (κ3) is 6.24. The molecule has 0 radical (unpaired) electrons. The third-order valence-corrected chi connectivity index (χ3v) is 5.08. The zero-order valence-corrected chi connectivity index (χ0v) is 20.5. The number of nitrogens with zero attached hydrogens (tertiary/aromatic N) is 3. The Balaban J connectivity index is 0.00000450. The highest BCUT2D eigenvalue weighted by Gasteiger charge is 2.36. The van der Waals surface area contributed by atoms with E-state index in [1.54, 1.807) is 28.4 Å². The Morgan fingerprint density at radius 3 is 2.07 bits per heavy atom. The third-order valence-electron chi connectivity index (χ3n) is 5.08. The van der Waals surface area contributed by atoms with E-state index < -0.39 is 6.29 Å². The lowest BCUT2D eigenvalue weighted by Gasteiger charge is -2.24. The Hall–Kier alpha value is -1.52. The molecule has 2 aromatic rings. The lowest BCUT2D eigenvalue weighted by Crippen LogP contribution is -3.00. The number of methoxy groups -OCH3 is 4. The number of hydrogen-bond acceptors (Lipinski definition) is 6. The van der Waals surface area contributed by atoms with Crippen molar-refractivity contribution >= 4 is 0 Å². The van der Waals surface area contributed by atoms with E-state index in [-0.39, 0.29) is 35.2 Å². The molecular weight excluding hydrogens is 452 g/mol. The van der Waals surface area contributed by atoms with Gasteiger partial charge in [-0.25, -0.2) is 5.43 Å². The van der Waals surface area contributed by atoms with Crippen LogP contribution in [-0.2, 0) is 25.5 Å². The number of ether oxygens (including phenoxy) is 4. The average Bonchev–Trinajstić information content (AvgIpc) is 3.10. The molecule has 1 aromatic carbocycles. The number of benzene rings is 1. The summed E-state index contributed by atoms with van der Waals surface area (Å²) in [6, 6.07) is 10.1. The van der Waals surface area contributed by atoms with Crippen molar-refractivity contribution < 1.29 is 40.6 Å². The van der Waals surface area contributed by atoms with E-state index in [0.717, 1.165) is 23.6 Å². The molecule has 170 valence electrons. The molecule has 1 aromatic heterocycles. The molecule has 0 saturated carbocycles. The summed E-state index contributed by atoms with van der Waals surface area (Å²) in [6.07, 6.45) is -0.0209. The average molecular weight is 487 g/mol. The van der Waals surface area contributed by atoms with Gasteiger partial charge in [0.05, 0.1) is 0 Å². The first kappa shape index (κ1) is 26.5. The van der Waals surface area contributed by atoms with Crippen molar-refractivity contribution in [3.05, 3.63) is 47.5 Å². The first-order valence-electron chi connectivity index (χ1n) is 9.94. The first-order chi connectivity index (χ1) is 14.0. The smallest absolute Gasteiger partial charge is 0.331 e. The maximum Gasteiger partial charge on any atom is 0.331 e. The Morgan fingerprint density at radius 1 is 0.967 bits per heavy atom. The Bertz CT molecular complexity index is 740. The van der Waals surface area contributed by atoms with Crippen LogP contribution in [0.4, 0.5) is 0 Å². The van der Waals surface area contributed by atoms with E-state index in [1.807, 2.05) is 41.4 Å². The van der Waals surface area contributed by atoms with Crippen LogP contribution < -0.4 is 27.1 Å². The summed E-state index contributed by atoms with van der Waals surface area (Å²) in [5.41, 5.74) is 4.68. The summed E-state index contributed by atoms with van der Waals surface area (Å²) in [7, 11) is 6.65. The predicted molar refractivity (Wildman–Crippen MR) is 110 cm³/mol. The summed E-state index contributed by atoms with van der Waals surface area (Å²) in [6.45, 7) is 6.68. The highest BCUT2D eigenvalue weighted by molar-refractivity contribution is 5.13. The molecule has 9 heteroatoms. The molecule has 3 unspecified atom stereocenters. The van der Waals surface area contributed by atoms with Gasteiger partial charge in [-0.3, -0.25) is 0 Å². The summed E-state index contributed by atoms with van der Waals surface area (Å²) in [4.78, 5) is 0. The van der Waals surface area contributed by atoms with E-state index in [2.05, 4.69) is 24.5 Å². The second-order valence-corrected chi connectivity index (χ2v) is 6.93. The molecule has 0 aliphatic heterocycles. The zero-order chi connectivity index (χ0) is 21.4. The van der Waals surface area contributed by atoms with Gasteiger partial charge in [0.1, 0.15) is 18.7 Å². The minimum Gasteiger partial charge on any atom is -1.00 e. The lowest BCUT2D eigenvalue weighted by atomic mass is 10.2. The normalized spacial score (nSPS) is 14.3. The number of hydrogen-bond donors (Lipinski definition) is 1. The minimum atomic E-state index is -0.402. The van der Waals surface area contributed by atoms with E-state index in [1.165, 1.54) is 0 Å². The molecule has 1 heterocycles. The van der Waals surface area contributed by atoms with Gasteiger partial charge < -0.3 is 35.9 Å². The van der Waals surface area contributed by atoms with Crippen LogP contribution in [0.5, 0.6) is 0 Å². The number of aromatic nitrogens is 3. The predicted octanol–water partition coefficient (Wildman–Crippen LogP) is -0.421. The molecule has 8 nitrogen and oxygen atoms in total. The Kier molecular flexibility index (Phi) is 11.5. The molecule has 0 bridgehead atoms. The maximum absolute atomic E-state index is 5.69. The molecule has 0 aliphatic rings. The van der Waals surface area contributed by atoms with E-state index in [9.17, 15) is 0 Å². The van der Waals surface area contributed by atoms with Crippen molar-refractivity contribution in [3.8, 4) is 0 Å². The van der Waals surface area contributed by atoms with E-state index >= 15 is 0 Å². The Morgan fingerprint density at radius 2 is 1.57 bits per heavy atom. The van der Waals surface area contributed by atoms with Gasteiger partial charge in [0.25, 0.3) is 5.82 Å². The fourth-order valence-electron chi connectivity index (χ4n) is 3.26. The van der Waals surface area contributed by atoms with Gasteiger partial charge in [0.2, 0.25) is 0 Å². The van der Waals surface area contributed by atoms with Crippen molar-refractivity contribution in [1.82, 2.24) is 9.77 Å². The molecule has 2 rings (SSSR count). The van der Waals surface area contributed by atoms with Crippen molar-refractivity contribution in [2.75, 3.05) is 33.9 Å². The fourth-order valence-corrected chi connectivity index (χ4v) is 3.26. The second-order valence-electron chi connectivity index (χ2n) is 6.93. The number of nitrogens with one attached hydrogen (secondary N) is 1. The maximum atomic E-state index is 5.69. The van der Waals surface area contributed by atoms with Crippen LogP contribution in [0.15, 0.2) is 30.3 Å². The Labute approximate surface area is 190 Å². The monoisotopic (exact) mass is 486 g/mol. The van der Waals surface area contributed by atoms with Crippen molar-refractivity contribution in [2.45, 2.75) is 58.3 Å². The van der Waals surface area contributed by atoms with Gasteiger partial charge in [-0.1, -0.05) is 37.3 Å². The highest BCUT2D eigenvalue weighted by atomic mass is 79.9. The first-order valence-corrected chi connectivity index (χ1v) is 9.94. The van der Waals surface area contributed by atoms with Crippen LogP contribution in [0.2, 0.25) is 0 Å². The van der Waals surface area contributed by atoms with Crippen molar-refractivity contribution in [3.63, 3.8) is 0 Å². The molecule has 0 fully saturated rings. The number of halogens is 1. The van der Waals surface area contributed by atoms with E-state index in [4.69, 9.17) is 24.0 Å². The zero-order valence-electron chi connectivity index (χ0n) is 19.0. The van der Waals surface area contributed by atoms with Gasteiger partial charge in [0.15, 0.2) is 12.4 Å². The SMILES string of the molecule is CCC(Nn1c(C(C)OC)n[n+](Cc2ccccc2)c1C(C)OC)C(OC)OC.[Br-]. The molecule has 0 saturated heterocycles. The van der Waals surface area contributed by atoms with E-state index in [0.29, 0.717) is 6.54 Å². The van der Waals surface area contributed by atoms with Crippen LogP contribution in [0.25, 0.3) is 0 Å². The molecule has 0 aliphatic carbocycles. The standard InChI is InChI=1S/C21H35N4O4.BrH/c1-8-18(21(28-6)29-7)22-25-19(15(2)26-4)23-24(20(25)16(3)27-5)14-17-12-10-9-11-13-17;/h9-13,15-16,18,21-22H,8,14H2,1-7H3;1H/q+1;/p-1. The summed E-state index contributed by atoms with van der Waals surface area (Å²) in [5.74, 6) is 1.64. The molecule has 1 N–H and O–H groups in total. The molecular formula is C21H35BrN4O4. The van der Waals surface area contributed by atoms with Crippen LogP contribution in [-0.4, -0.2) is 50.5 Å². The van der Waals surface area contributed by atoms with Crippen LogP contribution in [0.3, 0.4) is 0 Å². The fraction of sp³-hybridized carbons (Fsp3) is 0.619. The summed E-state index contributed by atoms with van der Waals surface area (Å²) >= 11 is 0. The molecule has 3 atom stereocenters. The van der Waals surface area contributed by atoms with Crippen molar-refractivity contribution in [2.24, 2.45) is 0 Å². The van der Waals surface area contributed by atoms with Crippen LogP contribution in [0.1, 0.15) is 56.6 Å². The number of rotatable bonds is 12. The molecule has 30 heavy (non-hydrogen) atoms. The lowest BCUT2D eigenvalue weighted by molar-refractivity contribution is -0.754. The minimum absolute atomic E-state index is 0. The van der Waals surface area contributed by atoms with Gasteiger partial charge in [-0.15, -0.1) is 9.36 Å². The van der Waals surface area contributed by atoms with Crippen molar-refractivity contribution in [1.29, 1.82) is 0 Å². The van der Waals surface area contributed by atoms with Gasteiger partial charge in [-0.2, -0.15) is 0 Å². The van der Waals surface area contributed by atoms with Crippen LogP contribution in [0, 0.1) is 0 Å². The molecule has 0 amide bonds. The summed E-state index contributed by atoms with van der Waals surface area (Å²) in [5, 5.41) is 4.87. The quantitative estimate of drug-likeness (QED) is 0.324.